The predicted molar refractivity (Wildman–Crippen MR) is 111 cm³/mol. The number of aromatic nitrogens is 4. The molecule has 0 saturated heterocycles. The van der Waals surface area contributed by atoms with E-state index < -0.39 is 0 Å². The maximum Gasteiger partial charge on any atom is 0.175 e. The van der Waals surface area contributed by atoms with Gasteiger partial charge in [-0.05, 0) is 59.7 Å². The Morgan fingerprint density at radius 3 is 3.04 bits per heavy atom. The zero-order chi connectivity index (χ0) is 17.4. The lowest BCUT2D eigenvalue weighted by Crippen LogP contribution is -2.07. The lowest BCUT2D eigenvalue weighted by molar-refractivity contribution is 0.612. The lowest BCUT2D eigenvalue weighted by Gasteiger charge is -2.10. The van der Waals surface area contributed by atoms with Gasteiger partial charge in [0.15, 0.2) is 22.1 Å². The number of benzene rings is 1. The predicted octanol–water partition coefficient (Wildman–Crippen LogP) is 3.16. The number of nitrogens with two attached hydrogens (primary N) is 2. The molecule has 0 fully saturated rings. The van der Waals surface area contributed by atoms with Gasteiger partial charge in [-0.15, -0.1) is 11.8 Å². The van der Waals surface area contributed by atoms with Crippen LogP contribution in [0.25, 0.3) is 11.2 Å². The molecule has 1 aliphatic heterocycles. The van der Waals surface area contributed by atoms with Crippen LogP contribution in [0.5, 0.6) is 0 Å². The highest BCUT2D eigenvalue weighted by atomic mass is 127. The summed E-state index contributed by atoms with van der Waals surface area (Å²) >= 11 is 5.99. The standard InChI is InChI=1S/C16H17IN6S2/c17-10-6-9-2-5-24-11(9)7-12(10)25-16-22-13-14(19)20-8-21-15(13)23(16)4-1-3-18/h6-8H,1-5,18H2,(H2,19,20,21). The number of hydrogen-bond donors (Lipinski definition) is 2. The van der Waals surface area contributed by atoms with Gasteiger partial charge in [-0.3, -0.25) is 0 Å². The highest BCUT2D eigenvalue weighted by Crippen LogP contribution is 2.40. The molecule has 4 rings (SSSR count). The molecule has 0 unspecified atom stereocenters. The van der Waals surface area contributed by atoms with Crippen LogP contribution in [-0.2, 0) is 13.0 Å². The van der Waals surface area contributed by atoms with Crippen LogP contribution in [0.4, 0.5) is 5.82 Å². The zero-order valence-corrected chi connectivity index (χ0v) is 17.2. The maximum atomic E-state index is 6.00. The minimum absolute atomic E-state index is 0.414. The quantitative estimate of drug-likeness (QED) is 0.538. The van der Waals surface area contributed by atoms with Gasteiger partial charge in [0.25, 0.3) is 0 Å². The molecule has 0 atom stereocenters. The summed E-state index contributed by atoms with van der Waals surface area (Å²) in [6.45, 7) is 1.39. The number of rotatable bonds is 5. The largest absolute Gasteiger partial charge is 0.382 e. The molecule has 1 aliphatic rings. The lowest BCUT2D eigenvalue weighted by atomic mass is 10.2. The Hall–Kier alpha value is -1.04. The minimum Gasteiger partial charge on any atom is -0.382 e. The summed E-state index contributed by atoms with van der Waals surface area (Å²) < 4.78 is 3.35. The Bertz CT molecular complexity index is 942. The van der Waals surface area contributed by atoms with E-state index in [0.29, 0.717) is 17.9 Å². The van der Waals surface area contributed by atoms with Gasteiger partial charge in [-0.25, -0.2) is 15.0 Å². The highest BCUT2D eigenvalue weighted by Gasteiger charge is 2.19. The van der Waals surface area contributed by atoms with E-state index >= 15 is 0 Å². The molecule has 3 heterocycles. The smallest absolute Gasteiger partial charge is 0.175 e. The zero-order valence-electron chi connectivity index (χ0n) is 13.4. The Balaban J connectivity index is 1.77. The number of imidazole rings is 1. The van der Waals surface area contributed by atoms with Crippen molar-refractivity contribution in [2.45, 2.75) is 34.3 Å². The second-order valence-corrected chi connectivity index (χ2v) is 9.02. The van der Waals surface area contributed by atoms with E-state index in [9.17, 15) is 0 Å². The fourth-order valence-electron chi connectivity index (χ4n) is 2.82. The Kier molecular flexibility index (Phi) is 5.07. The van der Waals surface area contributed by atoms with E-state index in [2.05, 4.69) is 49.3 Å². The SMILES string of the molecule is NCCCn1c(Sc2cc3c(cc2I)CCS3)nc2c(N)ncnc21. The average molecular weight is 484 g/mol. The van der Waals surface area contributed by atoms with Gasteiger partial charge in [-0.2, -0.15) is 0 Å². The topological polar surface area (TPSA) is 95.6 Å². The van der Waals surface area contributed by atoms with Gasteiger partial charge in [0, 0.05) is 25.7 Å². The monoisotopic (exact) mass is 484 g/mol. The summed E-state index contributed by atoms with van der Waals surface area (Å²) in [6, 6.07) is 4.57. The Morgan fingerprint density at radius 1 is 1.32 bits per heavy atom. The molecule has 0 aliphatic carbocycles. The number of nitrogen functional groups attached to an aromatic ring is 1. The first kappa shape index (κ1) is 17.4. The van der Waals surface area contributed by atoms with E-state index in [1.54, 1.807) is 11.8 Å². The first-order valence-corrected chi connectivity index (χ1v) is 10.9. The third-order valence-electron chi connectivity index (χ3n) is 4.06. The molecule has 9 heteroatoms. The van der Waals surface area contributed by atoms with Gasteiger partial charge in [0.2, 0.25) is 0 Å². The van der Waals surface area contributed by atoms with E-state index in [1.807, 2.05) is 11.8 Å². The molecule has 0 amide bonds. The van der Waals surface area contributed by atoms with Crippen LogP contribution >= 0.6 is 46.1 Å². The van der Waals surface area contributed by atoms with E-state index in [1.165, 1.54) is 31.0 Å². The molecule has 0 spiro atoms. The van der Waals surface area contributed by atoms with E-state index in [-0.39, 0.29) is 0 Å². The first-order valence-electron chi connectivity index (χ1n) is 7.97. The number of aryl methyl sites for hydroxylation is 2. The molecule has 0 radical (unpaired) electrons. The molecule has 0 saturated carbocycles. The van der Waals surface area contributed by atoms with Gasteiger partial charge in [0.05, 0.1) is 0 Å². The van der Waals surface area contributed by atoms with Gasteiger partial charge < -0.3 is 16.0 Å². The molecule has 2 aromatic heterocycles. The molecule has 4 N–H and O–H groups in total. The summed E-state index contributed by atoms with van der Waals surface area (Å²) in [5.74, 6) is 1.58. The molecule has 25 heavy (non-hydrogen) atoms. The number of nitrogens with zero attached hydrogens (tertiary/aromatic N) is 4. The molecule has 6 nitrogen and oxygen atoms in total. The maximum absolute atomic E-state index is 6.00. The number of thioether (sulfide) groups is 1. The molecule has 1 aromatic carbocycles. The number of halogens is 1. The summed E-state index contributed by atoms with van der Waals surface area (Å²) in [5, 5.41) is 0.886. The van der Waals surface area contributed by atoms with Crippen molar-refractivity contribution in [1.29, 1.82) is 0 Å². The van der Waals surface area contributed by atoms with Crippen LogP contribution in [0.1, 0.15) is 12.0 Å². The van der Waals surface area contributed by atoms with Crippen molar-refractivity contribution in [3.63, 3.8) is 0 Å². The van der Waals surface area contributed by atoms with Crippen LogP contribution in [0.15, 0.2) is 33.4 Å². The average Bonchev–Trinajstić information content (AvgIpc) is 3.18. The van der Waals surface area contributed by atoms with Gasteiger partial charge in [-0.1, -0.05) is 11.8 Å². The van der Waals surface area contributed by atoms with Crippen molar-refractivity contribution < 1.29 is 0 Å². The minimum atomic E-state index is 0.414. The number of fused-ring (bicyclic) bond motifs is 2. The fourth-order valence-corrected chi connectivity index (χ4v) is 5.80. The summed E-state index contributed by atoms with van der Waals surface area (Å²) in [5.41, 5.74) is 14.6. The third kappa shape index (κ3) is 3.34. The van der Waals surface area contributed by atoms with Crippen LogP contribution in [-0.4, -0.2) is 31.8 Å². The Labute approximate surface area is 167 Å². The second-order valence-electron chi connectivity index (χ2n) is 5.71. The highest BCUT2D eigenvalue weighted by molar-refractivity contribution is 14.1. The number of hydrogen-bond acceptors (Lipinski definition) is 7. The molecular weight excluding hydrogens is 467 g/mol. The van der Waals surface area contributed by atoms with Crippen molar-refractivity contribution in [2.24, 2.45) is 5.73 Å². The van der Waals surface area contributed by atoms with Crippen molar-refractivity contribution in [2.75, 3.05) is 18.0 Å². The molecule has 0 bridgehead atoms. The van der Waals surface area contributed by atoms with Crippen LogP contribution in [0.3, 0.4) is 0 Å². The van der Waals surface area contributed by atoms with Crippen LogP contribution in [0.2, 0.25) is 0 Å². The van der Waals surface area contributed by atoms with Crippen molar-refractivity contribution >= 4 is 63.1 Å². The number of anilines is 1. The van der Waals surface area contributed by atoms with Gasteiger partial charge in [0.1, 0.15) is 6.33 Å². The summed E-state index contributed by atoms with van der Waals surface area (Å²) in [4.78, 5) is 15.8. The van der Waals surface area contributed by atoms with E-state index in [0.717, 1.165) is 30.2 Å². The van der Waals surface area contributed by atoms with Crippen molar-refractivity contribution in [3.8, 4) is 0 Å². The molecule has 130 valence electrons. The molecule has 3 aromatic rings. The van der Waals surface area contributed by atoms with Crippen molar-refractivity contribution in [3.05, 3.63) is 27.6 Å². The Morgan fingerprint density at radius 2 is 2.20 bits per heavy atom. The third-order valence-corrected chi connectivity index (χ3v) is 7.47. The van der Waals surface area contributed by atoms with Crippen molar-refractivity contribution in [1.82, 2.24) is 19.5 Å². The van der Waals surface area contributed by atoms with Crippen LogP contribution < -0.4 is 11.5 Å². The van der Waals surface area contributed by atoms with E-state index in [4.69, 9.17) is 16.5 Å². The fraction of sp³-hybridized carbons (Fsp3) is 0.312. The first-order chi connectivity index (χ1) is 12.2. The van der Waals surface area contributed by atoms with Gasteiger partial charge >= 0.3 is 0 Å². The van der Waals surface area contributed by atoms with Crippen LogP contribution in [0, 0.1) is 3.57 Å². The second kappa shape index (κ2) is 7.29. The molecular formula is C16H17IN6S2. The summed E-state index contributed by atoms with van der Waals surface area (Å²) in [6.07, 6.45) is 3.50. The summed E-state index contributed by atoms with van der Waals surface area (Å²) in [7, 11) is 0. The normalized spacial score (nSPS) is 13.5.